The minimum absolute atomic E-state index is 0.0322. The first kappa shape index (κ1) is 9.48. The van der Waals surface area contributed by atoms with E-state index in [0.717, 1.165) is 0 Å². The van der Waals surface area contributed by atoms with Crippen molar-refractivity contribution in [3.05, 3.63) is 0 Å². The molecule has 1 saturated heterocycles. The van der Waals surface area contributed by atoms with Gasteiger partial charge in [0.05, 0.1) is 5.88 Å². The van der Waals surface area contributed by atoms with Crippen LogP contribution in [-0.2, 0) is 14.5 Å². The van der Waals surface area contributed by atoms with Crippen LogP contribution in [0.5, 0.6) is 0 Å². The first-order valence-corrected chi connectivity index (χ1v) is 3.98. The number of hydrogen-bond donors (Lipinski definition) is 0. The van der Waals surface area contributed by atoms with Crippen LogP contribution in [0.4, 0.5) is 4.39 Å². The van der Waals surface area contributed by atoms with Gasteiger partial charge in [0.25, 0.3) is 0 Å². The minimum Gasteiger partial charge on any atom is -0.284 e. The summed E-state index contributed by atoms with van der Waals surface area (Å²) in [5.74, 6) is -1.74. The van der Waals surface area contributed by atoms with E-state index in [4.69, 9.17) is 23.2 Å². The Labute approximate surface area is 73.2 Å². The molecule has 0 aromatic heterocycles. The highest BCUT2D eigenvalue weighted by molar-refractivity contribution is 6.18. The van der Waals surface area contributed by atoms with Gasteiger partial charge in [-0.05, 0) is 6.92 Å². The van der Waals surface area contributed by atoms with Crippen LogP contribution in [0, 0.1) is 0 Å². The van der Waals surface area contributed by atoms with Crippen LogP contribution in [0.2, 0.25) is 0 Å². The van der Waals surface area contributed by atoms with E-state index in [0.29, 0.717) is 0 Å². The summed E-state index contributed by atoms with van der Waals surface area (Å²) in [6.45, 7) is 1.45. The van der Waals surface area contributed by atoms with Crippen LogP contribution in [0.25, 0.3) is 0 Å². The third-order valence-electron chi connectivity index (χ3n) is 1.11. The molecule has 0 bridgehead atoms. The zero-order valence-electron chi connectivity index (χ0n) is 5.77. The fourth-order valence-corrected chi connectivity index (χ4v) is 0.804. The van der Waals surface area contributed by atoms with E-state index >= 15 is 0 Å². The standard InChI is InChI=1S/C5H7Cl2FO3/c1-4(2-6)9-5(8,3-7)11-10-4/h2-3H2,1H3/t4-,5-/m1/s1. The molecule has 11 heavy (non-hydrogen) atoms. The molecule has 1 aliphatic heterocycles. The zero-order chi connectivity index (χ0) is 8.54. The Morgan fingerprint density at radius 2 is 1.91 bits per heavy atom. The molecule has 0 amide bonds. The van der Waals surface area contributed by atoms with Crippen LogP contribution in [-0.4, -0.2) is 23.6 Å². The number of alkyl halides is 3. The third-order valence-corrected chi connectivity index (χ3v) is 1.92. The maximum absolute atomic E-state index is 13.0. The van der Waals surface area contributed by atoms with Crippen molar-refractivity contribution in [1.82, 2.24) is 0 Å². The summed E-state index contributed by atoms with van der Waals surface area (Å²) in [5.41, 5.74) is 0. The zero-order valence-corrected chi connectivity index (χ0v) is 7.28. The van der Waals surface area contributed by atoms with Crippen LogP contribution < -0.4 is 0 Å². The predicted molar refractivity (Wildman–Crippen MR) is 36.9 cm³/mol. The maximum atomic E-state index is 13.0. The smallest absolute Gasteiger partial charge is 0.284 e. The van der Waals surface area contributed by atoms with Crippen molar-refractivity contribution in [2.45, 2.75) is 18.8 Å². The average molecular weight is 205 g/mol. The van der Waals surface area contributed by atoms with E-state index in [1.165, 1.54) is 6.92 Å². The maximum Gasteiger partial charge on any atom is 0.363 e. The summed E-state index contributed by atoms with van der Waals surface area (Å²) in [4.78, 5) is 8.67. The summed E-state index contributed by atoms with van der Waals surface area (Å²) >= 11 is 10.6. The summed E-state index contributed by atoms with van der Waals surface area (Å²) < 4.78 is 17.6. The molecular formula is C5H7Cl2FO3. The minimum atomic E-state index is -2.37. The molecule has 0 aliphatic carbocycles. The fourth-order valence-electron chi connectivity index (χ4n) is 0.606. The van der Waals surface area contributed by atoms with Gasteiger partial charge >= 0.3 is 6.04 Å². The third kappa shape index (κ3) is 1.95. The summed E-state index contributed by atoms with van der Waals surface area (Å²) in [7, 11) is 0. The topological polar surface area (TPSA) is 27.7 Å². The van der Waals surface area contributed by atoms with E-state index in [9.17, 15) is 4.39 Å². The summed E-state index contributed by atoms with van der Waals surface area (Å²) in [5, 5.41) is 0. The molecule has 2 atom stereocenters. The van der Waals surface area contributed by atoms with Gasteiger partial charge in [-0.2, -0.15) is 14.2 Å². The molecule has 66 valence electrons. The van der Waals surface area contributed by atoms with Crippen LogP contribution in [0.3, 0.4) is 0 Å². The molecule has 1 rings (SSSR count). The molecule has 3 nitrogen and oxygen atoms in total. The molecular weight excluding hydrogens is 198 g/mol. The van der Waals surface area contributed by atoms with Gasteiger partial charge < -0.3 is 0 Å². The highest BCUT2D eigenvalue weighted by Crippen LogP contribution is 2.35. The Morgan fingerprint density at radius 1 is 1.27 bits per heavy atom. The second-order valence-corrected chi connectivity index (χ2v) is 2.86. The van der Waals surface area contributed by atoms with Crippen LogP contribution in [0.15, 0.2) is 0 Å². The quantitative estimate of drug-likeness (QED) is 0.508. The molecule has 6 heteroatoms. The normalized spacial score (nSPS) is 44.7. The molecule has 0 spiro atoms. The Bertz CT molecular complexity index is 143. The number of rotatable bonds is 2. The predicted octanol–water partition coefficient (Wildman–Crippen LogP) is 1.78. The van der Waals surface area contributed by atoms with Crippen LogP contribution in [0.1, 0.15) is 6.92 Å². The van der Waals surface area contributed by atoms with Gasteiger partial charge in [0.1, 0.15) is 5.88 Å². The molecule has 1 heterocycles. The molecule has 0 aromatic carbocycles. The Morgan fingerprint density at radius 3 is 2.18 bits per heavy atom. The summed E-state index contributed by atoms with van der Waals surface area (Å²) in [6.07, 6.45) is 0. The molecule has 1 fully saturated rings. The molecule has 0 N–H and O–H groups in total. The van der Waals surface area contributed by atoms with Gasteiger partial charge in [-0.3, -0.25) is 4.74 Å². The van der Waals surface area contributed by atoms with Crippen molar-refractivity contribution in [3.63, 3.8) is 0 Å². The van der Waals surface area contributed by atoms with Gasteiger partial charge in [-0.25, -0.2) is 0 Å². The van der Waals surface area contributed by atoms with E-state index in [-0.39, 0.29) is 5.88 Å². The number of halogens is 3. The first-order chi connectivity index (χ1) is 5.04. The Kier molecular flexibility index (Phi) is 2.61. The lowest BCUT2D eigenvalue weighted by Gasteiger charge is -2.16. The van der Waals surface area contributed by atoms with Crippen molar-refractivity contribution >= 4 is 23.2 Å². The Hall–Kier alpha value is 0.390. The SMILES string of the molecule is C[C@]1(CCl)OO[C@@](F)(CCl)O1. The van der Waals surface area contributed by atoms with Gasteiger partial charge in [-0.1, -0.05) is 0 Å². The van der Waals surface area contributed by atoms with E-state index in [1.807, 2.05) is 0 Å². The first-order valence-electron chi connectivity index (χ1n) is 2.91. The van der Waals surface area contributed by atoms with Gasteiger partial charge in [0.2, 0.25) is 5.79 Å². The van der Waals surface area contributed by atoms with E-state index < -0.39 is 17.7 Å². The van der Waals surface area contributed by atoms with Crippen molar-refractivity contribution in [1.29, 1.82) is 0 Å². The fraction of sp³-hybridized carbons (Fsp3) is 1.00. The largest absolute Gasteiger partial charge is 0.363 e. The number of hydrogen-bond acceptors (Lipinski definition) is 3. The Balaban J connectivity index is 2.58. The van der Waals surface area contributed by atoms with E-state index in [2.05, 4.69) is 14.5 Å². The highest BCUT2D eigenvalue weighted by atomic mass is 35.5. The van der Waals surface area contributed by atoms with Crippen molar-refractivity contribution in [3.8, 4) is 0 Å². The summed E-state index contributed by atoms with van der Waals surface area (Å²) in [6, 6.07) is -2.37. The second kappa shape index (κ2) is 3.03. The monoisotopic (exact) mass is 204 g/mol. The van der Waals surface area contributed by atoms with Gasteiger partial charge in [-0.15, -0.1) is 23.2 Å². The average Bonchev–Trinajstić information content (AvgIpc) is 2.30. The lowest BCUT2D eigenvalue weighted by Crippen LogP contribution is -2.33. The lowest BCUT2D eigenvalue weighted by molar-refractivity contribution is -0.370. The molecule has 0 saturated carbocycles. The van der Waals surface area contributed by atoms with E-state index in [1.54, 1.807) is 0 Å². The highest BCUT2D eigenvalue weighted by Gasteiger charge is 2.50. The molecule has 0 aromatic rings. The van der Waals surface area contributed by atoms with Crippen LogP contribution >= 0.6 is 23.2 Å². The molecule has 1 aliphatic rings. The number of ether oxygens (including phenoxy) is 1. The molecule has 0 radical (unpaired) electrons. The lowest BCUT2D eigenvalue weighted by atomic mass is 10.4. The van der Waals surface area contributed by atoms with Crippen molar-refractivity contribution in [2.24, 2.45) is 0 Å². The second-order valence-electron chi connectivity index (χ2n) is 2.33. The van der Waals surface area contributed by atoms with Gasteiger partial charge in [0, 0.05) is 0 Å². The van der Waals surface area contributed by atoms with Crippen molar-refractivity contribution < 1.29 is 18.9 Å². The van der Waals surface area contributed by atoms with Gasteiger partial charge in [0.15, 0.2) is 0 Å². The van der Waals surface area contributed by atoms with Crippen molar-refractivity contribution in [2.75, 3.05) is 11.8 Å². The molecule has 0 unspecified atom stereocenters.